The van der Waals surface area contributed by atoms with Gasteiger partial charge in [0, 0.05) is 5.56 Å². The van der Waals surface area contributed by atoms with Gasteiger partial charge in [0.2, 0.25) is 0 Å². The summed E-state index contributed by atoms with van der Waals surface area (Å²) in [6, 6.07) is 7.92. The van der Waals surface area contributed by atoms with E-state index in [9.17, 15) is 4.79 Å². The quantitative estimate of drug-likeness (QED) is 0.471. The van der Waals surface area contributed by atoms with E-state index in [0.717, 1.165) is 16.1 Å². The molecule has 0 atom stereocenters. The zero-order valence-corrected chi connectivity index (χ0v) is 9.54. The first-order chi connectivity index (χ1) is 7.72. The van der Waals surface area contributed by atoms with Gasteiger partial charge in [-0.2, -0.15) is 0 Å². The summed E-state index contributed by atoms with van der Waals surface area (Å²) in [7, 11) is 0. The molecule has 0 spiro atoms. The number of benzene rings is 1. The molecule has 0 aliphatic rings. The van der Waals surface area contributed by atoms with Gasteiger partial charge in [0.1, 0.15) is 9.88 Å². The van der Waals surface area contributed by atoms with Crippen molar-refractivity contribution in [3.8, 4) is 10.6 Å². The van der Waals surface area contributed by atoms with Crippen molar-refractivity contribution in [2.75, 3.05) is 0 Å². The molecule has 0 saturated heterocycles. The summed E-state index contributed by atoms with van der Waals surface area (Å²) in [4.78, 5) is 16.0. The molecule has 1 heterocycles. The number of carbonyl (C=O) groups excluding carboxylic acids is 1. The first-order valence-electron chi connectivity index (χ1n) is 4.75. The lowest BCUT2D eigenvalue weighted by Gasteiger charge is -1.99. The normalized spacial score (nSPS) is 10.1. The lowest BCUT2D eigenvalue weighted by atomic mass is 10.1. The molecular weight excluding hydrogens is 222 g/mol. The fraction of sp³-hybridized carbons (Fsp3) is 0.0909. The van der Waals surface area contributed by atoms with Gasteiger partial charge in [-0.25, -0.2) is 10.8 Å². The molecular formula is C11H11N3OS. The third kappa shape index (κ3) is 1.95. The van der Waals surface area contributed by atoms with E-state index >= 15 is 0 Å². The standard InChI is InChI=1S/C11H11N3OS/c1-7-4-2-3-5-8(7)11-13-6-9(16-11)10(15)14-12/h2-6H,12H2,1H3,(H,14,15). The van der Waals surface area contributed by atoms with Gasteiger partial charge in [0.15, 0.2) is 0 Å². The Morgan fingerprint density at radius 3 is 2.88 bits per heavy atom. The fourth-order valence-corrected chi connectivity index (χ4v) is 2.30. The van der Waals surface area contributed by atoms with E-state index in [0.29, 0.717) is 4.88 Å². The lowest BCUT2D eigenvalue weighted by Crippen LogP contribution is -2.29. The van der Waals surface area contributed by atoms with E-state index in [1.807, 2.05) is 31.2 Å². The van der Waals surface area contributed by atoms with E-state index in [4.69, 9.17) is 5.84 Å². The highest BCUT2D eigenvalue weighted by molar-refractivity contribution is 7.16. The van der Waals surface area contributed by atoms with E-state index in [1.54, 1.807) is 0 Å². The van der Waals surface area contributed by atoms with Crippen molar-refractivity contribution in [3.05, 3.63) is 40.9 Å². The minimum atomic E-state index is -0.308. The Morgan fingerprint density at radius 1 is 1.44 bits per heavy atom. The van der Waals surface area contributed by atoms with Crippen LogP contribution in [0.5, 0.6) is 0 Å². The molecule has 0 saturated carbocycles. The number of hydrogen-bond donors (Lipinski definition) is 2. The number of aryl methyl sites for hydroxylation is 1. The lowest BCUT2D eigenvalue weighted by molar-refractivity contribution is 0.0957. The van der Waals surface area contributed by atoms with Crippen LogP contribution in [0.1, 0.15) is 15.2 Å². The average Bonchev–Trinajstić information content (AvgIpc) is 2.78. The number of nitrogens with one attached hydrogen (secondary N) is 1. The zero-order chi connectivity index (χ0) is 11.5. The van der Waals surface area contributed by atoms with Gasteiger partial charge in [-0.1, -0.05) is 24.3 Å². The number of amides is 1. The number of hydrazine groups is 1. The number of hydrogen-bond acceptors (Lipinski definition) is 4. The largest absolute Gasteiger partial charge is 0.289 e. The van der Waals surface area contributed by atoms with Crippen molar-refractivity contribution < 1.29 is 4.79 Å². The first-order valence-corrected chi connectivity index (χ1v) is 5.57. The molecule has 2 aromatic rings. The summed E-state index contributed by atoms with van der Waals surface area (Å²) in [5, 5.41) is 0.830. The van der Waals surface area contributed by atoms with Crippen molar-refractivity contribution >= 4 is 17.2 Å². The topological polar surface area (TPSA) is 68.0 Å². The minimum Gasteiger partial charge on any atom is -0.289 e. The van der Waals surface area contributed by atoms with Crippen LogP contribution in [0.2, 0.25) is 0 Å². The Bertz CT molecular complexity index is 521. The van der Waals surface area contributed by atoms with Crippen molar-refractivity contribution in [3.63, 3.8) is 0 Å². The van der Waals surface area contributed by atoms with Crippen LogP contribution in [-0.4, -0.2) is 10.9 Å². The van der Waals surface area contributed by atoms with Crippen LogP contribution >= 0.6 is 11.3 Å². The number of nitrogen functional groups attached to an aromatic ring is 1. The molecule has 0 aliphatic heterocycles. The minimum absolute atomic E-state index is 0.308. The molecule has 82 valence electrons. The number of aromatic nitrogens is 1. The molecule has 1 aromatic heterocycles. The van der Waals surface area contributed by atoms with Crippen LogP contribution in [0.15, 0.2) is 30.5 Å². The molecule has 3 N–H and O–H groups in total. The van der Waals surface area contributed by atoms with Gasteiger partial charge in [0.05, 0.1) is 6.20 Å². The highest BCUT2D eigenvalue weighted by atomic mass is 32.1. The molecule has 0 unspecified atom stereocenters. The zero-order valence-electron chi connectivity index (χ0n) is 8.73. The molecule has 2 rings (SSSR count). The van der Waals surface area contributed by atoms with E-state index in [2.05, 4.69) is 10.4 Å². The van der Waals surface area contributed by atoms with Crippen molar-refractivity contribution in [2.45, 2.75) is 6.92 Å². The van der Waals surface area contributed by atoms with Crippen molar-refractivity contribution in [1.82, 2.24) is 10.4 Å². The van der Waals surface area contributed by atoms with Crippen LogP contribution in [0.4, 0.5) is 0 Å². The summed E-state index contributed by atoms with van der Waals surface area (Å²) < 4.78 is 0. The third-order valence-electron chi connectivity index (χ3n) is 2.24. The highest BCUT2D eigenvalue weighted by Gasteiger charge is 2.11. The molecule has 16 heavy (non-hydrogen) atoms. The molecule has 1 amide bonds. The summed E-state index contributed by atoms with van der Waals surface area (Å²) in [5.74, 6) is 4.75. The number of thiazole rings is 1. The Morgan fingerprint density at radius 2 is 2.19 bits per heavy atom. The maximum Gasteiger partial charge on any atom is 0.276 e. The molecule has 1 aromatic carbocycles. The second-order valence-electron chi connectivity index (χ2n) is 3.32. The SMILES string of the molecule is Cc1ccccc1-c1ncc(C(=O)NN)s1. The second kappa shape index (κ2) is 4.42. The number of nitrogens with zero attached hydrogens (tertiary/aromatic N) is 1. The number of nitrogens with two attached hydrogens (primary N) is 1. The Kier molecular flexibility index (Phi) is 2.98. The molecule has 0 radical (unpaired) electrons. The van der Waals surface area contributed by atoms with E-state index in [-0.39, 0.29) is 5.91 Å². The smallest absolute Gasteiger partial charge is 0.276 e. The van der Waals surface area contributed by atoms with Crippen LogP contribution < -0.4 is 11.3 Å². The van der Waals surface area contributed by atoms with Gasteiger partial charge < -0.3 is 0 Å². The van der Waals surface area contributed by atoms with Crippen LogP contribution in [0, 0.1) is 6.92 Å². The van der Waals surface area contributed by atoms with Crippen molar-refractivity contribution in [1.29, 1.82) is 0 Å². The first kappa shape index (κ1) is 10.8. The number of carbonyl (C=O) groups is 1. The Labute approximate surface area is 97.1 Å². The monoisotopic (exact) mass is 233 g/mol. The Hall–Kier alpha value is -1.72. The summed E-state index contributed by atoms with van der Waals surface area (Å²) in [6.07, 6.45) is 1.54. The molecule has 0 fully saturated rings. The Balaban J connectivity index is 2.39. The molecule has 4 nitrogen and oxygen atoms in total. The molecule has 0 aliphatic carbocycles. The highest BCUT2D eigenvalue weighted by Crippen LogP contribution is 2.27. The summed E-state index contributed by atoms with van der Waals surface area (Å²) in [5.41, 5.74) is 4.27. The average molecular weight is 233 g/mol. The van der Waals surface area contributed by atoms with E-state index in [1.165, 1.54) is 17.5 Å². The van der Waals surface area contributed by atoms with Gasteiger partial charge >= 0.3 is 0 Å². The predicted octanol–water partition coefficient (Wildman–Crippen LogP) is 1.72. The van der Waals surface area contributed by atoms with Crippen LogP contribution in [0.25, 0.3) is 10.6 Å². The number of rotatable bonds is 2. The van der Waals surface area contributed by atoms with Crippen LogP contribution in [0.3, 0.4) is 0 Å². The van der Waals surface area contributed by atoms with Gasteiger partial charge in [-0.3, -0.25) is 10.2 Å². The molecule has 0 bridgehead atoms. The fourth-order valence-electron chi connectivity index (χ4n) is 1.39. The predicted molar refractivity (Wildman–Crippen MR) is 63.9 cm³/mol. The van der Waals surface area contributed by atoms with Crippen LogP contribution in [-0.2, 0) is 0 Å². The second-order valence-corrected chi connectivity index (χ2v) is 4.35. The maximum absolute atomic E-state index is 11.3. The summed E-state index contributed by atoms with van der Waals surface area (Å²) >= 11 is 1.33. The van der Waals surface area contributed by atoms with E-state index < -0.39 is 0 Å². The van der Waals surface area contributed by atoms with Gasteiger partial charge in [-0.05, 0) is 12.5 Å². The van der Waals surface area contributed by atoms with Crippen molar-refractivity contribution in [2.24, 2.45) is 5.84 Å². The van der Waals surface area contributed by atoms with Gasteiger partial charge in [0.25, 0.3) is 5.91 Å². The summed E-state index contributed by atoms with van der Waals surface area (Å²) in [6.45, 7) is 2.01. The molecule has 5 heteroatoms. The van der Waals surface area contributed by atoms with Gasteiger partial charge in [-0.15, -0.1) is 11.3 Å². The third-order valence-corrected chi connectivity index (χ3v) is 3.27. The maximum atomic E-state index is 11.3.